The van der Waals surface area contributed by atoms with E-state index in [9.17, 15) is 13.2 Å². The number of aromatic nitrogens is 1. The first-order valence-electron chi connectivity index (χ1n) is 11.3. The molecule has 3 heterocycles. The summed E-state index contributed by atoms with van der Waals surface area (Å²) < 4.78 is 27.9. The van der Waals surface area contributed by atoms with Crippen molar-refractivity contribution in [1.29, 1.82) is 0 Å². The normalized spacial score (nSPS) is 15.1. The number of halogens is 1. The predicted molar refractivity (Wildman–Crippen MR) is 143 cm³/mol. The highest BCUT2D eigenvalue weighted by Crippen LogP contribution is 2.36. The molecule has 0 bridgehead atoms. The zero-order valence-corrected chi connectivity index (χ0v) is 22.1. The molecule has 34 heavy (non-hydrogen) atoms. The van der Waals surface area contributed by atoms with Crippen LogP contribution in [-0.2, 0) is 9.84 Å². The van der Waals surface area contributed by atoms with Gasteiger partial charge < -0.3 is 15.1 Å². The van der Waals surface area contributed by atoms with Gasteiger partial charge in [0.05, 0.1) is 0 Å². The molecule has 0 amide bonds. The van der Waals surface area contributed by atoms with Gasteiger partial charge >= 0.3 is 0 Å². The third-order valence-electron chi connectivity index (χ3n) is 6.21. The summed E-state index contributed by atoms with van der Waals surface area (Å²) in [6.45, 7) is 10.7. The van der Waals surface area contributed by atoms with E-state index in [4.69, 9.17) is 0 Å². The fraction of sp³-hybridized carbons (Fsp3) is 0.417. The van der Waals surface area contributed by atoms with Gasteiger partial charge in [0.15, 0.2) is 15.6 Å². The van der Waals surface area contributed by atoms with Crippen LogP contribution in [0.1, 0.15) is 31.1 Å². The SMILES string of the molecule is CCN(CC)c1ccc(C(=O)C(C)S(=O)(=O)c2cc3c(N4CCNCC4)nccc3s2)cc1.Cl. The number of rotatable bonds is 8. The van der Waals surface area contributed by atoms with Gasteiger partial charge in [0.25, 0.3) is 0 Å². The third kappa shape index (κ3) is 5.07. The lowest BCUT2D eigenvalue weighted by Crippen LogP contribution is -2.43. The van der Waals surface area contributed by atoms with Gasteiger partial charge in [-0.3, -0.25) is 4.79 Å². The molecule has 0 saturated carbocycles. The molecule has 1 saturated heterocycles. The van der Waals surface area contributed by atoms with E-state index in [-0.39, 0.29) is 22.4 Å². The van der Waals surface area contributed by atoms with E-state index < -0.39 is 15.1 Å². The number of hydrogen-bond donors (Lipinski definition) is 1. The molecule has 1 fully saturated rings. The van der Waals surface area contributed by atoms with Crippen molar-refractivity contribution in [2.24, 2.45) is 0 Å². The Balaban J connectivity index is 0.00000324. The average molecular weight is 523 g/mol. The van der Waals surface area contributed by atoms with Gasteiger partial charge in [0, 0.05) is 66.8 Å². The molecule has 7 nitrogen and oxygen atoms in total. The van der Waals surface area contributed by atoms with Crippen LogP contribution in [0.25, 0.3) is 10.1 Å². The molecule has 10 heteroatoms. The molecule has 0 aliphatic carbocycles. The smallest absolute Gasteiger partial charge is 0.197 e. The second kappa shape index (κ2) is 11.0. The molecule has 0 spiro atoms. The Bertz CT molecular complexity index is 1230. The summed E-state index contributed by atoms with van der Waals surface area (Å²) >= 11 is 1.21. The molecular weight excluding hydrogens is 492 g/mol. The third-order valence-corrected chi connectivity index (χ3v) is 9.88. The molecule has 2 aromatic heterocycles. The monoisotopic (exact) mass is 522 g/mol. The van der Waals surface area contributed by atoms with E-state index in [1.54, 1.807) is 24.4 Å². The lowest BCUT2D eigenvalue weighted by Gasteiger charge is -2.28. The van der Waals surface area contributed by atoms with Crippen molar-refractivity contribution in [1.82, 2.24) is 10.3 Å². The minimum Gasteiger partial charge on any atom is -0.372 e. The van der Waals surface area contributed by atoms with Crippen LogP contribution in [-0.4, -0.2) is 63.7 Å². The summed E-state index contributed by atoms with van der Waals surface area (Å²) in [4.78, 5) is 22.0. The first kappa shape index (κ1) is 26.4. The maximum absolute atomic E-state index is 13.4. The van der Waals surface area contributed by atoms with Crippen molar-refractivity contribution in [3.63, 3.8) is 0 Å². The lowest BCUT2D eigenvalue weighted by atomic mass is 10.1. The van der Waals surface area contributed by atoms with Gasteiger partial charge in [0.1, 0.15) is 15.3 Å². The average Bonchev–Trinajstić information content (AvgIpc) is 3.30. The summed E-state index contributed by atoms with van der Waals surface area (Å²) in [7, 11) is -3.83. The topological polar surface area (TPSA) is 82.6 Å². The molecule has 1 aromatic carbocycles. The molecule has 1 unspecified atom stereocenters. The second-order valence-electron chi connectivity index (χ2n) is 8.12. The van der Waals surface area contributed by atoms with Crippen LogP contribution in [0.3, 0.4) is 0 Å². The highest BCUT2D eigenvalue weighted by atomic mass is 35.5. The number of nitrogens with one attached hydrogen (secondary N) is 1. The number of ketones is 1. The number of benzene rings is 1. The number of thiophene rings is 1. The Morgan fingerprint density at radius 1 is 1.15 bits per heavy atom. The molecule has 1 N–H and O–H groups in total. The van der Waals surface area contributed by atoms with Crippen LogP contribution in [0.2, 0.25) is 0 Å². The maximum atomic E-state index is 13.4. The molecule has 3 aromatic rings. The highest BCUT2D eigenvalue weighted by Gasteiger charge is 2.32. The molecule has 0 radical (unpaired) electrons. The number of carbonyl (C=O) groups is 1. The van der Waals surface area contributed by atoms with Crippen molar-refractivity contribution in [2.75, 3.05) is 49.1 Å². The molecular formula is C24H31ClN4O3S2. The lowest BCUT2D eigenvalue weighted by molar-refractivity contribution is 0.0991. The highest BCUT2D eigenvalue weighted by molar-refractivity contribution is 7.95. The van der Waals surface area contributed by atoms with Gasteiger partial charge in [-0.15, -0.1) is 23.7 Å². The standard InChI is InChI=1S/C24H30N4O3S2.ClH/c1-4-27(5-2)19-8-6-18(7-9-19)23(29)17(3)33(30,31)22-16-20-21(32-22)10-11-26-24(20)28-14-12-25-13-15-28;/h6-11,16-17,25H,4-5,12-15H2,1-3H3;1H. The Hall–Kier alpha value is -2.20. The molecule has 1 atom stereocenters. The van der Waals surface area contributed by atoms with Crippen molar-refractivity contribution >= 4 is 61.0 Å². The van der Waals surface area contributed by atoms with Gasteiger partial charge in [-0.1, -0.05) is 0 Å². The molecule has 4 rings (SSSR count). The van der Waals surface area contributed by atoms with E-state index in [1.165, 1.54) is 18.3 Å². The minimum absolute atomic E-state index is 0. The summed E-state index contributed by atoms with van der Waals surface area (Å²) in [5.74, 6) is 0.414. The van der Waals surface area contributed by atoms with Crippen molar-refractivity contribution in [3.8, 4) is 0 Å². The first-order chi connectivity index (χ1) is 15.9. The quantitative estimate of drug-likeness (QED) is 0.447. The van der Waals surface area contributed by atoms with Crippen LogP contribution >= 0.6 is 23.7 Å². The van der Waals surface area contributed by atoms with Gasteiger partial charge in [-0.25, -0.2) is 13.4 Å². The number of carbonyl (C=O) groups excluding carboxylic acids is 1. The van der Waals surface area contributed by atoms with Crippen molar-refractivity contribution in [2.45, 2.75) is 30.2 Å². The molecule has 1 aliphatic heterocycles. The number of sulfone groups is 1. The Kier molecular flexibility index (Phi) is 8.57. The number of piperazine rings is 1. The number of anilines is 2. The van der Waals surface area contributed by atoms with Gasteiger partial charge in [0.2, 0.25) is 0 Å². The first-order valence-corrected chi connectivity index (χ1v) is 13.7. The Labute approximate surface area is 211 Å². The van der Waals surface area contributed by atoms with Crippen molar-refractivity contribution < 1.29 is 13.2 Å². The largest absolute Gasteiger partial charge is 0.372 e. The number of Topliss-reactive ketones (excluding diaryl/α,β-unsaturated/α-hetero) is 1. The van der Waals surface area contributed by atoms with E-state index >= 15 is 0 Å². The van der Waals surface area contributed by atoms with Crippen LogP contribution in [0.5, 0.6) is 0 Å². The van der Waals surface area contributed by atoms with Crippen molar-refractivity contribution in [3.05, 3.63) is 48.2 Å². The predicted octanol–water partition coefficient (Wildman–Crippen LogP) is 4.02. The molecule has 184 valence electrons. The van der Waals surface area contributed by atoms with E-state index in [0.29, 0.717) is 5.56 Å². The summed E-state index contributed by atoms with van der Waals surface area (Å²) in [6.07, 6.45) is 1.72. The summed E-state index contributed by atoms with van der Waals surface area (Å²) in [5, 5.41) is 2.98. The summed E-state index contributed by atoms with van der Waals surface area (Å²) in [5.41, 5.74) is 1.43. The fourth-order valence-corrected chi connectivity index (χ4v) is 7.17. The van der Waals surface area contributed by atoms with Gasteiger partial charge in [-0.2, -0.15) is 0 Å². The summed E-state index contributed by atoms with van der Waals surface area (Å²) in [6, 6.07) is 10.7. The maximum Gasteiger partial charge on any atom is 0.197 e. The van der Waals surface area contributed by atoms with Gasteiger partial charge in [-0.05, 0) is 57.2 Å². The number of pyridine rings is 1. The van der Waals surface area contributed by atoms with Crippen LogP contribution in [0.15, 0.2) is 46.8 Å². The minimum atomic E-state index is -3.83. The zero-order valence-electron chi connectivity index (χ0n) is 19.7. The van der Waals surface area contributed by atoms with E-state index in [2.05, 4.69) is 33.9 Å². The van der Waals surface area contributed by atoms with Crippen LogP contribution in [0.4, 0.5) is 11.5 Å². The zero-order chi connectivity index (χ0) is 23.6. The number of fused-ring (bicyclic) bond motifs is 1. The molecule has 1 aliphatic rings. The number of hydrogen-bond acceptors (Lipinski definition) is 8. The fourth-order valence-electron chi connectivity index (χ4n) is 4.17. The Morgan fingerprint density at radius 3 is 2.41 bits per heavy atom. The number of nitrogens with zero attached hydrogens (tertiary/aromatic N) is 3. The van der Waals surface area contributed by atoms with E-state index in [1.807, 2.05) is 18.2 Å². The van der Waals surface area contributed by atoms with E-state index in [0.717, 1.165) is 60.9 Å². The second-order valence-corrected chi connectivity index (χ2v) is 11.7. The Morgan fingerprint density at radius 2 is 1.79 bits per heavy atom. The van der Waals surface area contributed by atoms with Crippen LogP contribution in [0, 0.1) is 0 Å². The van der Waals surface area contributed by atoms with Crippen LogP contribution < -0.4 is 15.1 Å².